The third kappa shape index (κ3) is 8.76. The topological polar surface area (TPSA) is 73.8 Å². The molecule has 1 fully saturated rings. The van der Waals surface area contributed by atoms with E-state index in [2.05, 4.69) is 15.6 Å². The van der Waals surface area contributed by atoms with Crippen molar-refractivity contribution in [3.8, 4) is 0 Å². The summed E-state index contributed by atoms with van der Waals surface area (Å²) in [6.45, 7) is 4.82. The van der Waals surface area contributed by atoms with Crippen LogP contribution in [0.3, 0.4) is 0 Å². The van der Waals surface area contributed by atoms with Gasteiger partial charge >= 0.3 is 0 Å². The average molecular weight is 547 g/mol. The zero-order chi connectivity index (χ0) is 18.8. The van der Waals surface area contributed by atoms with E-state index in [0.29, 0.717) is 32.1 Å². The number of nitrogens with one attached hydrogen (secondary N) is 2. The van der Waals surface area contributed by atoms with E-state index < -0.39 is 10.0 Å². The highest BCUT2D eigenvalue weighted by molar-refractivity contribution is 14.0. The summed E-state index contributed by atoms with van der Waals surface area (Å²) in [6, 6.07) is 7.74. The number of sulfonamides is 1. The van der Waals surface area contributed by atoms with Gasteiger partial charge in [0.15, 0.2) is 5.96 Å². The maximum absolute atomic E-state index is 12.4. The van der Waals surface area contributed by atoms with Crippen LogP contribution in [0.15, 0.2) is 29.3 Å². The monoisotopic (exact) mass is 546 g/mol. The predicted octanol–water partition coefficient (Wildman–Crippen LogP) is 2.43. The van der Waals surface area contributed by atoms with Gasteiger partial charge in [-0.05, 0) is 25.0 Å². The lowest BCUT2D eigenvalue weighted by Gasteiger charge is -2.25. The number of benzene rings is 1. The highest BCUT2D eigenvalue weighted by atomic mass is 127. The van der Waals surface area contributed by atoms with Crippen LogP contribution in [0.25, 0.3) is 0 Å². The molecule has 154 valence electrons. The molecule has 1 aliphatic heterocycles. The number of aliphatic imine (C=N–C) groups is 1. The van der Waals surface area contributed by atoms with Crippen molar-refractivity contribution in [3.05, 3.63) is 34.9 Å². The largest absolute Gasteiger partial charge is 0.357 e. The maximum atomic E-state index is 12.4. The van der Waals surface area contributed by atoms with Gasteiger partial charge < -0.3 is 10.6 Å². The number of hydrogen-bond acceptors (Lipinski definition) is 4. The molecule has 0 unspecified atom stereocenters. The molecule has 27 heavy (non-hydrogen) atoms. The van der Waals surface area contributed by atoms with Crippen LogP contribution in [0, 0.1) is 0 Å². The Labute approximate surface area is 189 Å². The van der Waals surface area contributed by atoms with E-state index in [9.17, 15) is 8.42 Å². The second-order valence-electron chi connectivity index (χ2n) is 5.86. The van der Waals surface area contributed by atoms with Crippen LogP contribution in [0.1, 0.15) is 12.5 Å². The molecular formula is C17H28ClIN4O2S2. The first-order valence-corrected chi connectivity index (χ1v) is 12.0. The van der Waals surface area contributed by atoms with Crippen molar-refractivity contribution < 1.29 is 8.42 Å². The van der Waals surface area contributed by atoms with Crippen molar-refractivity contribution in [1.29, 1.82) is 0 Å². The van der Waals surface area contributed by atoms with E-state index in [1.807, 2.05) is 31.2 Å². The van der Waals surface area contributed by atoms with Crippen molar-refractivity contribution in [1.82, 2.24) is 14.9 Å². The summed E-state index contributed by atoms with van der Waals surface area (Å²) in [5.41, 5.74) is 1.07. The Kier molecular flexibility index (Phi) is 12.0. The van der Waals surface area contributed by atoms with Crippen LogP contribution >= 0.6 is 47.3 Å². The lowest BCUT2D eigenvalue weighted by molar-refractivity contribution is 0.444. The fraction of sp³-hybridized carbons (Fsp3) is 0.588. The van der Waals surface area contributed by atoms with Crippen LogP contribution < -0.4 is 10.6 Å². The van der Waals surface area contributed by atoms with Gasteiger partial charge in [0.05, 0.1) is 12.3 Å². The van der Waals surface area contributed by atoms with Gasteiger partial charge in [0.25, 0.3) is 0 Å². The molecule has 1 saturated heterocycles. The highest BCUT2D eigenvalue weighted by Crippen LogP contribution is 2.15. The molecule has 0 aliphatic carbocycles. The number of rotatable bonds is 8. The number of hydrogen-bond donors (Lipinski definition) is 2. The van der Waals surface area contributed by atoms with Gasteiger partial charge in [0.1, 0.15) is 0 Å². The Morgan fingerprint density at radius 2 is 1.96 bits per heavy atom. The minimum Gasteiger partial charge on any atom is -0.357 e. The molecule has 0 saturated carbocycles. The maximum Gasteiger partial charge on any atom is 0.215 e. The molecule has 0 aromatic heterocycles. The second-order valence-corrected chi connectivity index (χ2v) is 9.58. The van der Waals surface area contributed by atoms with Crippen molar-refractivity contribution in [2.45, 2.75) is 13.3 Å². The summed E-state index contributed by atoms with van der Waals surface area (Å²) >= 11 is 7.96. The second kappa shape index (κ2) is 13.1. The summed E-state index contributed by atoms with van der Waals surface area (Å²) in [6.07, 6.45) is 0.772. The van der Waals surface area contributed by atoms with Crippen molar-refractivity contribution in [2.24, 2.45) is 4.99 Å². The van der Waals surface area contributed by atoms with E-state index in [1.54, 1.807) is 16.1 Å². The first-order valence-electron chi connectivity index (χ1n) is 8.84. The molecule has 1 aromatic rings. The van der Waals surface area contributed by atoms with Gasteiger partial charge in [-0.25, -0.2) is 12.7 Å². The fourth-order valence-corrected chi connectivity index (χ4v) is 5.27. The van der Waals surface area contributed by atoms with Crippen molar-refractivity contribution in [2.75, 3.05) is 50.0 Å². The van der Waals surface area contributed by atoms with Crippen molar-refractivity contribution >= 4 is 63.3 Å². The Hall–Kier alpha value is -0.230. The first-order chi connectivity index (χ1) is 12.5. The molecule has 2 N–H and O–H groups in total. The van der Waals surface area contributed by atoms with Gasteiger partial charge in [-0.2, -0.15) is 11.8 Å². The van der Waals surface area contributed by atoms with Crippen LogP contribution in [0.5, 0.6) is 0 Å². The highest BCUT2D eigenvalue weighted by Gasteiger charge is 2.23. The molecular weight excluding hydrogens is 519 g/mol. The summed E-state index contributed by atoms with van der Waals surface area (Å²) in [5, 5.41) is 7.13. The Morgan fingerprint density at radius 1 is 1.26 bits per heavy atom. The lowest BCUT2D eigenvalue weighted by atomic mass is 10.1. The lowest BCUT2D eigenvalue weighted by Crippen LogP contribution is -2.41. The van der Waals surface area contributed by atoms with Crippen LogP contribution in [0.2, 0.25) is 5.02 Å². The standard InChI is InChI=1S/C17H27ClN4O2S2.HI/c1-2-19-17(20-8-7-15-5-3-4-6-16(15)18)21-9-14-26(23,24)22-10-12-25-13-11-22;/h3-6H,2,7-14H2,1H3,(H2,19,20,21);1H. The fourth-order valence-electron chi connectivity index (χ4n) is 2.59. The third-order valence-electron chi connectivity index (χ3n) is 3.97. The van der Waals surface area contributed by atoms with Gasteiger partial charge in [0.2, 0.25) is 10.0 Å². The Balaban J connectivity index is 0.00000364. The number of nitrogens with zero attached hydrogens (tertiary/aromatic N) is 2. The predicted molar refractivity (Wildman–Crippen MR) is 127 cm³/mol. The molecule has 0 spiro atoms. The quantitative estimate of drug-likeness (QED) is 0.298. The zero-order valence-corrected chi connectivity index (χ0v) is 20.2. The molecule has 10 heteroatoms. The zero-order valence-electron chi connectivity index (χ0n) is 15.5. The van der Waals surface area contributed by atoms with Crippen LogP contribution in [-0.4, -0.2) is 68.7 Å². The molecule has 0 bridgehead atoms. The van der Waals surface area contributed by atoms with Crippen LogP contribution in [0.4, 0.5) is 0 Å². The van der Waals surface area contributed by atoms with Crippen molar-refractivity contribution in [3.63, 3.8) is 0 Å². The summed E-state index contributed by atoms with van der Waals surface area (Å²) < 4.78 is 26.3. The van der Waals surface area contributed by atoms with E-state index in [0.717, 1.165) is 28.5 Å². The average Bonchev–Trinajstić information content (AvgIpc) is 2.64. The number of thioether (sulfide) groups is 1. The molecule has 2 rings (SSSR count). The molecule has 0 amide bonds. The van der Waals surface area contributed by atoms with Crippen LogP contribution in [-0.2, 0) is 16.4 Å². The molecule has 6 nitrogen and oxygen atoms in total. The third-order valence-corrected chi connectivity index (χ3v) is 7.13. The van der Waals surface area contributed by atoms with Gasteiger partial charge in [-0.15, -0.1) is 24.0 Å². The first kappa shape index (κ1) is 24.8. The van der Waals surface area contributed by atoms with Gasteiger partial charge in [0, 0.05) is 42.7 Å². The van der Waals surface area contributed by atoms with E-state index >= 15 is 0 Å². The molecule has 1 aromatic carbocycles. The molecule has 1 aliphatic rings. The van der Waals surface area contributed by atoms with E-state index in [4.69, 9.17) is 11.6 Å². The Morgan fingerprint density at radius 3 is 2.63 bits per heavy atom. The van der Waals surface area contributed by atoms with Gasteiger partial charge in [-0.1, -0.05) is 29.8 Å². The number of guanidine groups is 1. The SMILES string of the molecule is CCNC(=NCCS(=O)(=O)N1CCSCC1)NCCc1ccccc1Cl.I. The molecule has 1 heterocycles. The molecule has 0 radical (unpaired) electrons. The summed E-state index contributed by atoms with van der Waals surface area (Å²) in [4.78, 5) is 4.40. The van der Waals surface area contributed by atoms with E-state index in [1.165, 1.54) is 0 Å². The molecule has 0 atom stereocenters. The smallest absolute Gasteiger partial charge is 0.215 e. The van der Waals surface area contributed by atoms with E-state index in [-0.39, 0.29) is 36.3 Å². The number of halogens is 2. The minimum absolute atomic E-state index is 0. The van der Waals surface area contributed by atoms with Gasteiger partial charge in [-0.3, -0.25) is 4.99 Å². The Bertz CT molecular complexity index is 698. The normalized spacial score (nSPS) is 15.9. The summed E-state index contributed by atoms with van der Waals surface area (Å²) in [7, 11) is -3.22. The minimum atomic E-state index is -3.22. The summed E-state index contributed by atoms with van der Waals surface area (Å²) in [5.74, 6) is 2.41.